The molecule has 0 aliphatic rings. The van der Waals surface area contributed by atoms with Crippen LogP contribution in [0.3, 0.4) is 0 Å². The molecule has 5 N–H and O–H groups in total. The first-order valence-corrected chi connectivity index (χ1v) is 7.42. The summed E-state index contributed by atoms with van der Waals surface area (Å²) in [6.45, 7) is 0. The molecule has 1 atom stereocenters. The van der Waals surface area contributed by atoms with Gasteiger partial charge in [0.25, 0.3) is 0 Å². The van der Waals surface area contributed by atoms with Crippen molar-refractivity contribution in [2.75, 3.05) is 5.32 Å². The second kappa shape index (κ2) is 7.99. The predicted octanol–water partition coefficient (Wildman–Crippen LogP) is 2.05. The lowest BCUT2D eigenvalue weighted by molar-refractivity contribution is -0.139. The zero-order valence-corrected chi connectivity index (χ0v) is 13.9. The van der Waals surface area contributed by atoms with Crippen LogP contribution in [0.5, 0.6) is 0 Å². The van der Waals surface area contributed by atoms with Gasteiger partial charge in [-0.25, -0.2) is 9.59 Å². The van der Waals surface area contributed by atoms with Crippen molar-refractivity contribution in [2.45, 2.75) is 18.9 Å². The maximum atomic E-state index is 11.8. The number of anilines is 1. The van der Waals surface area contributed by atoms with E-state index < -0.39 is 23.9 Å². The fraction of sp³-hybridized carbons (Fsp3) is 0.250. The normalized spacial score (nSPS) is 11.5. The van der Waals surface area contributed by atoms with Crippen LogP contribution in [0.25, 0.3) is 0 Å². The van der Waals surface area contributed by atoms with Gasteiger partial charge in [-0.2, -0.15) is 0 Å². The van der Waals surface area contributed by atoms with Crippen LogP contribution in [-0.2, 0) is 9.59 Å². The summed E-state index contributed by atoms with van der Waals surface area (Å²) in [5.41, 5.74) is 5.43. The number of aliphatic carboxylic acids is 1. The van der Waals surface area contributed by atoms with Crippen LogP contribution in [0.15, 0.2) is 27.1 Å². The van der Waals surface area contributed by atoms with E-state index in [0.717, 1.165) is 0 Å². The fourth-order valence-corrected chi connectivity index (χ4v) is 2.67. The minimum atomic E-state index is -1.24. The first-order valence-electron chi connectivity index (χ1n) is 5.84. The Kier molecular flexibility index (Phi) is 6.63. The maximum Gasteiger partial charge on any atom is 0.326 e. The van der Waals surface area contributed by atoms with Gasteiger partial charge >= 0.3 is 12.0 Å². The SMILES string of the molecule is NC(=O)CC[C@@H](NC(=O)Nc1c(Br)cccc1Br)C(=O)O. The number of nitrogens with two attached hydrogens (primary N) is 1. The number of urea groups is 1. The average Bonchev–Trinajstić information content (AvgIpc) is 2.38. The fourth-order valence-electron chi connectivity index (χ4n) is 1.47. The van der Waals surface area contributed by atoms with Gasteiger partial charge in [0.2, 0.25) is 5.91 Å². The Bertz CT molecular complexity index is 545. The summed E-state index contributed by atoms with van der Waals surface area (Å²) >= 11 is 6.54. The van der Waals surface area contributed by atoms with Crippen LogP contribution >= 0.6 is 31.9 Å². The molecular formula is C12H13Br2N3O4. The minimum Gasteiger partial charge on any atom is -0.480 e. The predicted molar refractivity (Wildman–Crippen MR) is 83.8 cm³/mol. The number of benzene rings is 1. The maximum absolute atomic E-state index is 11.8. The molecule has 0 fully saturated rings. The molecule has 21 heavy (non-hydrogen) atoms. The molecule has 0 aromatic heterocycles. The summed E-state index contributed by atoms with van der Waals surface area (Å²) in [7, 11) is 0. The van der Waals surface area contributed by atoms with Gasteiger partial charge in [-0.1, -0.05) is 6.07 Å². The van der Waals surface area contributed by atoms with Crippen LogP contribution in [-0.4, -0.2) is 29.1 Å². The molecule has 114 valence electrons. The Morgan fingerprint density at radius 2 is 1.81 bits per heavy atom. The van der Waals surface area contributed by atoms with Crippen molar-refractivity contribution in [3.05, 3.63) is 27.1 Å². The molecule has 1 aromatic carbocycles. The third-order valence-corrected chi connectivity index (χ3v) is 3.81. The van der Waals surface area contributed by atoms with Crippen molar-refractivity contribution in [2.24, 2.45) is 5.73 Å². The van der Waals surface area contributed by atoms with E-state index in [1.165, 1.54) is 0 Å². The smallest absolute Gasteiger partial charge is 0.326 e. The molecule has 0 saturated heterocycles. The number of primary amides is 1. The third kappa shape index (κ3) is 5.72. The topological polar surface area (TPSA) is 122 Å². The lowest BCUT2D eigenvalue weighted by Gasteiger charge is -2.15. The number of hydrogen-bond acceptors (Lipinski definition) is 3. The van der Waals surface area contributed by atoms with Crippen LogP contribution in [0.2, 0.25) is 0 Å². The summed E-state index contributed by atoms with van der Waals surface area (Å²) in [6, 6.07) is 3.33. The van der Waals surface area contributed by atoms with Gasteiger partial charge in [0.05, 0.1) is 5.69 Å². The van der Waals surface area contributed by atoms with Crippen LogP contribution in [0.4, 0.5) is 10.5 Å². The number of amides is 3. The summed E-state index contributed by atoms with van der Waals surface area (Å²) in [5, 5.41) is 13.8. The summed E-state index contributed by atoms with van der Waals surface area (Å²) in [4.78, 5) is 33.5. The molecule has 0 spiro atoms. The highest BCUT2D eigenvalue weighted by molar-refractivity contribution is 9.11. The molecule has 3 amide bonds. The molecule has 0 aliphatic carbocycles. The molecule has 0 radical (unpaired) electrons. The van der Waals surface area contributed by atoms with E-state index >= 15 is 0 Å². The van der Waals surface area contributed by atoms with Gasteiger partial charge in [-0.3, -0.25) is 4.79 Å². The zero-order valence-electron chi connectivity index (χ0n) is 10.7. The highest BCUT2D eigenvalue weighted by atomic mass is 79.9. The van der Waals surface area contributed by atoms with Gasteiger partial charge in [0.1, 0.15) is 6.04 Å². The summed E-state index contributed by atoms with van der Waals surface area (Å²) < 4.78 is 1.27. The van der Waals surface area contributed by atoms with Gasteiger partial charge < -0.3 is 21.5 Å². The van der Waals surface area contributed by atoms with Gasteiger partial charge in [-0.05, 0) is 50.4 Å². The van der Waals surface area contributed by atoms with E-state index in [2.05, 4.69) is 42.5 Å². The number of carbonyl (C=O) groups excluding carboxylic acids is 2. The van der Waals surface area contributed by atoms with Crippen molar-refractivity contribution in [1.29, 1.82) is 0 Å². The number of para-hydroxylation sites is 1. The quantitative estimate of drug-likeness (QED) is 0.560. The van der Waals surface area contributed by atoms with Gasteiger partial charge in [0, 0.05) is 15.4 Å². The van der Waals surface area contributed by atoms with Crippen molar-refractivity contribution >= 4 is 55.5 Å². The first-order chi connectivity index (χ1) is 9.81. The first kappa shape index (κ1) is 17.4. The van der Waals surface area contributed by atoms with Gasteiger partial charge in [-0.15, -0.1) is 0 Å². The molecule has 1 rings (SSSR count). The Hall–Kier alpha value is -1.61. The number of carboxylic acids is 1. The van der Waals surface area contributed by atoms with Crippen molar-refractivity contribution in [3.8, 4) is 0 Å². The van der Waals surface area contributed by atoms with Crippen LogP contribution in [0.1, 0.15) is 12.8 Å². The minimum absolute atomic E-state index is 0.0742. The molecule has 0 unspecified atom stereocenters. The number of carbonyl (C=O) groups is 3. The number of nitrogens with one attached hydrogen (secondary N) is 2. The van der Waals surface area contributed by atoms with E-state index in [1.807, 2.05) is 0 Å². The lowest BCUT2D eigenvalue weighted by Crippen LogP contribution is -2.43. The zero-order chi connectivity index (χ0) is 16.0. The Labute approximate surface area is 137 Å². The Morgan fingerprint density at radius 1 is 1.24 bits per heavy atom. The van der Waals surface area contributed by atoms with Gasteiger partial charge in [0.15, 0.2) is 0 Å². The van der Waals surface area contributed by atoms with Crippen LogP contribution in [0, 0.1) is 0 Å². The standard InChI is InChI=1S/C12H13Br2N3O4/c13-6-2-1-3-7(14)10(6)17-12(21)16-8(11(19)20)4-5-9(15)18/h1-3,8H,4-5H2,(H2,15,18)(H,19,20)(H2,16,17,21)/t8-/m1/s1. The molecule has 0 bridgehead atoms. The monoisotopic (exact) mass is 421 g/mol. The number of hydrogen-bond donors (Lipinski definition) is 4. The highest BCUT2D eigenvalue weighted by Gasteiger charge is 2.21. The van der Waals surface area contributed by atoms with Crippen LogP contribution < -0.4 is 16.4 Å². The molecule has 0 heterocycles. The summed E-state index contributed by atoms with van der Waals surface area (Å²) in [6.07, 6.45) is -0.203. The number of rotatable bonds is 6. The largest absolute Gasteiger partial charge is 0.480 e. The Morgan fingerprint density at radius 3 is 2.29 bits per heavy atom. The second-order valence-electron chi connectivity index (χ2n) is 4.09. The Balaban J connectivity index is 2.70. The highest BCUT2D eigenvalue weighted by Crippen LogP contribution is 2.30. The molecular weight excluding hydrogens is 410 g/mol. The second-order valence-corrected chi connectivity index (χ2v) is 5.80. The molecule has 0 aliphatic heterocycles. The number of carboxylic acid groups (broad SMARTS) is 1. The summed E-state index contributed by atoms with van der Waals surface area (Å²) in [5.74, 6) is -1.87. The van der Waals surface area contributed by atoms with E-state index in [-0.39, 0.29) is 12.8 Å². The van der Waals surface area contributed by atoms with E-state index in [9.17, 15) is 14.4 Å². The number of halogens is 2. The van der Waals surface area contributed by atoms with Crippen molar-refractivity contribution < 1.29 is 19.5 Å². The molecule has 1 aromatic rings. The van der Waals surface area contributed by atoms with E-state index in [4.69, 9.17) is 10.8 Å². The van der Waals surface area contributed by atoms with E-state index in [1.54, 1.807) is 18.2 Å². The molecule has 9 heteroatoms. The third-order valence-electron chi connectivity index (χ3n) is 2.48. The molecule has 7 nitrogen and oxygen atoms in total. The van der Waals surface area contributed by atoms with Crippen molar-refractivity contribution in [3.63, 3.8) is 0 Å². The lowest BCUT2D eigenvalue weighted by atomic mass is 10.1. The average molecular weight is 423 g/mol. The molecule has 0 saturated carbocycles. The van der Waals surface area contributed by atoms with E-state index in [0.29, 0.717) is 14.6 Å². The van der Waals surface area contributed by atoms with Crippen molar-refractivity contribution in [1.82, 2.24) is 5.32 Å².